The van der Waals surface area contributed by atoms with E-state index in [1.54, 1.807) is 24.5 Å². The fourth-order valence-corrected chi connectivity index (χ4v) is 2.46. The predicted octanol–water partition coefficient (Wildman–Crippen LogP) is 4.32. The zero-order chi connectivity index (χ0) is 17.6. The van der Waals surface area contributed by atoms with E-state index >= 15 is 0 Å². The summed E-state index contributed by atoms with van der Waals surface area (Å²) in [6.07, 6.45) is 3.37. The summed E-state index contributed by atoms with van der Waals surface area (Å²) in [7, 11) is 0. The third kappa shape index (κ3) is 4.83. The number of carbonyl (C=O) groups is 1. The Morgan fingerprint density at radius 1 is 1.12 bits per heavy atom. The number of benzene rings is 1. The second kappa shape index (κ2) is 9.01. The van der Waals surface area contributed by atoms with Crippen LogP contribution in [0, 0.1) is 0 Å². The summed E-state index contributed by atoms with van der Waals surface area (Å²) in [5.41, 5.74) is 2.13. The minimum Gasteiger partial charge on any atom is -0.481 e. The minimum atomic E-state index is -0.844. The third-order valence-corrected chi connectivity index (χ3v) is 3.54. The number of rotatable bonds is 6. The fourth-order valence-electron chi connectivity index (χ4n) is 2.46. The Bertz CT molecular complexity index is 918. The van der Waals surface area contributed by atoms with E-state index in [-0.39, 0.29) is 29.0 Å². The first kappa shape index (κ1) is 19.5. The van der Waals surface area contributed by atoms with Crippen LogP contribution < -0.4 is 5.32 Å². The van der Waals surface area contributed by atoms with Crippen molar-refractivity contribution in [3.63, 3.8) is 0 Å². The molecule has 0 aliphatic carbocycles. The summed E-state index contributed by atoms with van der Waals surface area (Å²) in [5, 5.41) is 21.4. The van der Waals surface area contributed by atoms with Crippen LogP contribution in [0.5, 0.6) is 0 Å². The van der Waals surface area contributed by atoms with Gasteiger partial charge in [-0.05, 0) is 43.3 Å². The largest absolute Gasteiger partial charge is 0.481 e. The summed E-state index contributed by atoms with van der Waals surface area (Å²) < 4.78 is 0. The number of carboxylic acids is 1. The van der Waals surface area contributed by atoms with E-state index < -0.39 is 5.97 Å². The Kier molecular flexibility index (Phi) is 6.75. The molecule has 3 aromatic rings. The van der Waals surface area contributed by atoms with Crippen molar-refractivity contribution in [1.82, 2.24) is 9.97 Å². The number of hydrogen-bond donors (Lipinski definition) is 2. The molecule has 1 atom stereocenters. The van der Waals surface area contributed by atoms with Gasteiger partial charge in [-0.15, -0.1) is 10.2 Å². The van der Waals surface area contributed by atoms with E-state index in [4.69, 9.17) is 5.11 Å². The Hall–Kier alpha value is -2.86. The van der Waals surface area contributed by atoms with Crippen molar-refractivity contribution in [2.45, 2.75) is 19.4 Å². The molecule has 0 spiro atoms. The average molecular weight is 394 g/mol. The van der Waals surface area contributed by atoms with Crippen molar-refractivity contribution in [3.05, 3.63) is 54.9 Å². The Balaban J connectivity index is 0.00000243. The molecule has 7 nitrogen and oxygen atoms in total. The molecule has 26 heavy (non-hydrogen) atoms. The molecular weight excluding hydrogens is 377 g/mol. The number of aliphatic carboxylic acids is 1. The standard InChI is InChI=1S/C18H17N5O2.Ni/c1-12(11-17(24)25)21-14-7-8-15(18-13(14)5-4-10-20-18)22-23-16-6-2-3-9-19-16;/h2-10,12,21H,11H2,1H3,(H,24,25);. The van der Waals surface area contributed by atoms with Crippen molar-refractivity contribution in [3.8, 4) is 0 Å². The molecule has 0 saturated carbocycles. The van der Waals surface area contributed by atoms with Crippen molar-refractivity contribution in [2.24, 2.45) is 10.2 Å². The van der Waals surface area contributed by atoms with Crippen LogP contribution >= 0.6 is 0 Å². The SMILES string of the molecule is CC(CC(=O)O)Nc1ccc(N=Nc2ccccn2)c2ncccc12.[Ni]. The summed E-state index contributed by atoms with van der Waals surface area (Å²) in [5.74, 6) is -0.327. The van der Waals surface area contributed by atoms with E-state index in [0.717, 1.165) is 11.1 Å². The van der Waals surface area contributed by atoms with E-state index in [2.05, 4.69) is 25.5 Å². The molecule has 2 aromatic heterocycles. The zero-order valence-electron chi connectivity index (χ0n) is 13.9. The quantitative estimate of drug-likeness (QED) is 0.479. The summed E-state index contributed by atoms with van der Waals surface area (Å²) in [4.78, 5) is 19.4. The molecule has 0 amide bonds. The number of aromatic nitrogens is 2. The molecule has 2 N–H and O–H groups in total. The maximum Gasteiger partial charge on any atom is 0.305 e. The first-order valence-corrected chi connectivity index (χ1v) is 7.82. The van der Waals surface area contributed by atoms with Gasteiger partial charge < -0.3 is 10.4 Å². The molecule has 8 heteroatoms. The van der Waals surface area contributed by atoms with Gasteiger partial charge in [-0.2, -0.15) is 0 Å². The van der Waals surface area contributed by atoms with Gasteiger partial charge in [0.25, 0.3) is 0 Å². The first-order valence-electron chi connectivity index (χ1n) is 7.82. The van der Waals surface area contributed by atoms with Crippen LogP contribution in [0.4, 0.5) is 17.2 Å². The molecule has 0 saturated heterocycles. The predicted molar refractivity (Wildman–Crippen MR) is 95.5 cm³/mol. The minimum absolute atomic E-state index is 0. The molecular formula is C18H17N5NiO2. The number of nitrogens with one attached hydrogen (secondary N) is 1. The maximum atomic E-state index is 10.9. The van der Waals surface area contributed by atoms with Crippen molar-refractivity contribution in [1.29, 1.82) is 0 Å². The Morgan fingerprint density at radius 3 is 2.65 bits per heavy atom. The summed E-state index contributed by atoms with van der Waals surface area (Å²) >= 11 is 0. The van der Waals surface area contributed by atoms with Crippen molar-refractivity contribution < 1.29 is 26.4 Å². The van der Waals surface area contributed by atoms with Gasteiger partial charge in [0.15, 0.2) is 5.82 Å². The molecule has 1 aromatic carbocycles. The van der Waals surface area contributed by atoms with Crippen molar-refractivity contribution in [2.75, 3.05) is 5.32 Å². The smallest absolute Gasteiger partial charge is 0.305 e. The monoisotopic (exact) mass is 393 g/mol. The topological polar surface area (TPSA) is 99.8 Å². The van der Waals surface area contributed by atoms with Gasteiger partial charge in [-0.1, -0.05) is 6.07 Å². The molecule has 0 radical (unpaired) electrons. The van der Waals surface area contributed by atoms with Gasteiger partial charge in [0, 0.05) is 46.0 Å². The van der Waals surface area contributed by atoms with Gasteiger partial charge in [0.2, 0.25) is 0 Å². The van der Waals surface area contributed by atoms with Crippen LogP contribution in [-0.2, 0) is 21.3 Å². The third-order valence-electron chi connectivity index (χ3n) is 3.54. The summed E-state index contributed by atoms with van der Waals surface area (Å²) in [6.45, 7) is 1.82. The normalized spacial score (nSPS) is 11.9. The number of fused-ring (bicyclic) bond motifs is 1. The zero-order valence-corrected chi connectivity index (χ0v) is 14.9. The summed E-state index contributed by atoms with van der Waals surface area (Å²) in [6, 6.07) is 12.6. The molecule has 2 heterocycles. The molecule has 3 rings (SSSR count). The van der Waals surface area contributed by atoms with E-state index in [0.29, 0.717) is 17.0 Å². The van der Waals surface area contributed by atoms with Gasteiger partial charge in [0.05, 0.1) is 11.9 Å². The first-order chi connectivity index (χ1) is 12.1. The maximum absolute atomic E-state index is 10.9. The van der Waals surface area contributed by atoms with Gasteiger partial charge in [0.1, 0.15) is 5.69 Å². The number of azo groups is 1. The number of carboxylic acid groups (broad SMARTS) is 1. The molecule has 136 valence electrons. The van der Waals surface area contributed by atoms with Crippen LogP contribution in [0.1, 0.15) is 13.3 Å². The molecule has 0 bridgehead atoms. The molecule has 0 aliphatic heterocycles. The Labute approximate surface area is 160 Å². The van der Waals surface area contributed by atoms with Gasteiger partial charge in [-0.25, -0.2) is 4.98 Å². The van der Waals surface area contributed by atoms with Crippen molar-refractivity contribution >= 4 is 34.1 Å². The second-order valence-electron chi connectivity index (χ2n) is 5.56. The fraction of sp³-hybridized carbons (Fsp3) is 0.167. The van der Waals surface area contributed by atoms with E-state index in [1.165, 1.54) is 0 Å². The molecule has 0 aliphatic rings. The molecule has 1 unspecified atom stereocenters. The van der Waals surface area contributed by atoms with E-state index in [1.807, 2.05) is 37.3 Å². The number of pyridine rings is 2. The van der Waals surface area contributed by atoms with Crippen LogP contribution in [0.25, 0.3) is 10.9 Å². The average Bonchev–Trinajstić information content (AvgIpc) is 2.61. The number of hydrogen-bond acceptors (Lipinski definition) is 6. The van der Waals surface area contributed by atoms with Crippen LogP contribution in [0.15, 0.2) is 65.1 Å². The van der Waals surface area contributed by atoms with E-state index in [9.17, 15) is 4.79 Å². The van der Waals surface area contributed by atoms with Gasteiger partial charge in [-0.3, -0.25) is 9.78 Å². The number of anilines is 1. The Morgan fingerprint density at radius 2 is 1.92 bits per heavy atom. The second-order valence-corrected chi connectivity index (χ2v) is 5.56. The van der Waals surface area contributed by atoms with Crippen LogP contribution in [0.2, 0.25) is 0 Å². The van der Waals surface area contributed by atoms with Gasteiger partial charge >= 0.3 is 5.97 Å². The van der Waals surface area contributed by atoms with Crippen LogP contribution in [-0.4, -0.2) is 27.1 Å². The molecule has 0 fully saturated rings. The number of nitrogens with zero attached hydrogens (tertiary/aromatic N) is 4. The van der Waals surface area contributed by atoms with Crippen LogP contribution in [0.3, 0.4) is 0 Å².